The number of methoxy groups -OCH3 is 2. The molecule has 0 spiro atoms. The Morgan fingerprint density at radius 1 is 1.03 bits per heavy atom. The second kappa shape index (κ2) is 11.5. The molecule has 35 heavy (non-hydrogen) atoms. The number of fused-ring (bicyclic) bond motifs is 1. The van der Waals surface area contributed by atoms with Gasteiger partial charge in [0.15, 0.2) is 0 Å². The Balaban J connectivity index is 0.000000421. The molecule has 2 aromatic heterocycles. The highest BCUT2D eigenvalue weighted by Gasteiger charge is 2.26. The van der Waals surface area contributed by atoms with E-state index >= 15 is 0 Å². The average Bonchev–Trinajstić information content (AvgIpc) is 3.69. The predicted octanol–water partition coefficient (Wildman–Crippen LogP) is 6.24. The summed E-state index contributed by atoms with van der Waals surface area (Å²) in [4.78, 5) is 11.3. The molecule has 2 fully saturated rings. The summed E-state index contributed by atoms with van der Waals surface area (Å²) in [6.45, 7) is 2.93. The van der Waals surface area contributed by atoms with Crippen molar-refractivity contribution in [1.29, 1.82) is 0 Å². The van der Waals surface area contributed by atoms with E-state index in [9.17, 15) is 0 Å². The second-order valence-electron chi connectivity index (χ2n) is 8.94. The molecule has 0 unspecified atom stereocenters. The van der Waals surface area contributed by atoms with Gasteiger partial charge in [-0.2, -0.15) is 0 Å². The molecule has 1 aromatic carbocycles. The van der Waals surface area contributed by atoms with Crippen molar-refractivity contribution in [1.82, 2.24) is 9.97 Å². The van der Waals surface area contributed by atoms with E-state index in [1.807, 2.05) is 19.2 Å². The molecule has 2 aliphatic rings. The fraction of sp³-hybridized carbons (Fsp3) is 0.462. The van der Waals surface area contributed by atoms with Gasteiger partial charge in [-0.1, -0.05) is 23.2 Å². The van der Waals surface area contributed by atoms with Crippen LogP contribution < -0.4 is 20.1 Å². The Labute approximate surface area is 216 Å². The minimum atomic E-state index is 0.379. The van der Waals surface area contributed by atoms with Gasteiger partial charge in [-0.15, -0.1) is 0 Å². The predicted molar refractivity (Wildman–Crippen MR) is 143 cm³/mol. The highest BCUT2D eigenvalue weighted by molar-refractivity contribution is 6.41. The van der Waals surface area contributed by atoms with Crippen LogP contribution in [-0.4, -0.2) is 51.0 Å². The number of benzene rings is 1. The zero-order valence-corrected chi connectivity index (χ0v) is 22.0. The third kappa shape index (κ3) is 6.02. The molecule has 0 bridgehead atoms. The molecular formula is C26H32Cl2N4O3. The smallest absolute Gasteiger partial charge is 0.141 e. The molecule has 3 heterocycles. The van der Waals surface area contributed by atoms with Crippen molar-refractivity contribution in [2.75, 3.05) is 51.7 Å². The molecule has 9 heteroatoms. The van der Waals surface area contributed by atoms with Gasteiger partial charge in [0.05, 0.1) is 30.0 Å². The van der Waals surface area contributed by atoms with Gasteiger partial charge < -0.3 is 24.8 Å². The maximum atomic E-state index is 6.63. The van der Waals surface area contributed by atoms with Gasteiger partial charge in [0, 0.05) is 55.4 Å². The van der Waals surface area contributed by atoms with Gasteiger partial charge in [0.25, 0.3) is 0 Å². The molecule has 1 saturated carbocycles. The summed E-state index contributed by atoms with van der Waals surface area (Å²) in [5, 5.41) is 2.59. The molecular weight excluding hydrogens is 487 g/mol. The fourth-order valence-electron chi connectivity index (χ4n) is 4.14. The van der Waals surface area contributed by atoms with Crippen LogP contribution in [0.15, 0.2) is 24.4 Å². The van der Waals surface area contributed by atoms with Crippen molar-refractivity contribution in [2.24, 2.45) is 5.92 Å². The van der Waals surface area contributed by atoms with Gasteiger partial charge in [-0.05, 0) is 50.2 Å². The number of nitrogen functional groups attached to an aromatic ring is 1. The van der Waals surface area contributed by atoms with E-state index in [0.29, 0.717) is 44.5 Å². The molecule has 1 aliphatic carbocycles. The lowest BCUT2D eigenvalue weighted by atomic mass is 10.1. The minimum Gasteiger partial charge on any atom is -0.495 e. The lowest BCUT2D eigenvalue weighted by molar-refractivity contribution is 0.0968. The van der Waals surface area contributed by atoms with Crippen LogP contribution in [-0.2, 0) is 4.74 Å². The van der Waals surface area contributed by atoms with E-state index in [1.54, 1.807) is 26.5 Å². The van der Waals surface area contributed by atoms with Crippen LogP contribution in [0.5, 0.6) is 11.5 Å². The third-order valence-electron chi connectivity index (χ3n) is 6.21. The fourth-order valence-corrected chi connectivity index (χ4v) is 4.83. The van der Waals surface area contributed by atoms with Gasteiger partial charge in [-0.3, -0.25) is 0 Å². The molecule has 3 aromatic rings. The van der Waals surface area contributed by atoms with Crippen molar-refractivity contribution < 1.29 is 14.2 Å². The topological polar surface area (TPSA) is 82.7 Å². The molecule has 5 rings (SSSR count). The number of nitrogens with two attached hydrogens (primary N) is 1. The summed E-state index contributed by atoms with van der Waals surface area (Å²) in [5.74, 6) is 2.89. The number of anilines is 2. The SMILES string of the molecule is C1CCOCC1.COc1cc(OC)c(Cl)c(-c2cc3cnc(N)cc3c(N(C)CC3CC3)n2)c1Cl. The summed E-state index contributed by atoms with van der Waals surface area (Å²) in [6.07, 6.45) is 8.16. The van der Waals surface area contributed by atoms with Gasteiger partial charge in [0.1, 0.15) is 23.1 Å². The zero-order chi connectivity index (χ0) is 24.9. The molecule has 1 saturated heterocycles. The summed E-state index contributed by atoms with van der Waals surface area (Å²) < 4.78 is 15.9. The Kier molecular flexibility index (Phi) is 8.42. The third-order valence-corrected chi connectivity index (χ3v) is 6.96. The number of halogens is 2. The van der Waals surface area contributed by atoms with Crippen LogP contribution in [0, 0.1) is 5.92 Å². The normalized spacial score (nSPS) is 15.3. The van der Waals surface area contributed by atoms with E-state index in [2.05, 4.69) is 9.88 Å². The Morgan fingerprint density at radius 3 is 2.20 bits per heavy atom. The highest BCUT2D eigenvalue weighted by atomic mass is 35.5. The van der Waals surface area contributed by atoms with Crippen LogP contribution in [0.2, 0.25) is 10.0 Å². The summed E-state index contributed by atoms with van der Waals surface area (Å²) in [5.41, 5.74) is 7.13. The maximum absolute atomic E-state index is 6.63. The zero-order valence-electron chi connectivity index (χ0n) is 20.4. The number of nitrogens with zero attached hydrogens (tertiary/aromatic N) is 3. The van der Waals surface area contributed by atoms with Crippen molar-refractivity contribution in [3.63, 3.8) is 0 Å². The monoisotopic (exact) mass is 518 g/mol. The summed E-state index contributed by atoms with van der Waals surface area (Å²) in [7, 11) is 5.14. The van der Waals surface area contributed by atoms with Gasteiger partial charge in [-0.25, -0.2) is 9.97 Å². The molecule has 0 radical (unpaired) electrons. The first-order valence-electron chi connectivity index (χ1n) is 11.9. The molecule has 0 amide bonds. The average molecular weight is 519 g/mol. The van der Waals surface area contributed by atoms with E-state index < -0.39 is 0 Å². The largest absolute Gasteiger partial charge is 0.495 e. The van der Waals surface area contributed by atoms with Crippen molar-refractivity contribution in [3.8, 4) is 22.8 Å². The summed E-state index contributed by atoms with van der Waals surface area (Å²) in [6, 6.07) is 5.42. The van der Waals surface area contributed by atoms with Crippen LogP contribution >= 0.6 is 23.2 Å². The second-order valence-corrected chi connectivity index (χ2v) is 9.70. The number of aromatic nitrogens is 2. The Bertz CT molecular complexity index is 1140. The first-order valence-corrected chi connectivity index (χ1v) is 12.6. The molecule has 2 N–H and O–H groups in total. The Morgan fingerprint density at radius 2 is 1.69 bits per heavy atom. The molecule has 188 valence electrons. The maximum Gasteiger partial charge on any atom is 0.141 e. The van der Waals surface area contributed by atoms with Crippen LogP contribution in [0.3, 0.4) is 0 Å². The van der Waals surface area contributed by atoms with E-state index in [-0.39, 0.29) is 0 Å². The molecule has 0 atom stereocenters. The first kappa shape index (κ1) is 25.6. The van der Waals surface area contributed by atoms with Crippen molar-refractivity contribution in [3.05, 3.63) is 34.4 Å². The first-order chi connectivity index (χ1) is 16.9. The van der Waals surface area contributed by atoms with Crippen LogP contribution in [0.1, 0.15) is 32.1 Å². The number of rotatable bonds is 6. The van der Waals surface area contributed by atoms with Crippen LogP contribution in [0.25, 0.3) is 22.0 Å². The lowest BCUT2D eigenvalue weighted by Crippen LogP contribution is -2.21. The van der Waals surface area contributed by atoms with Gasteiger partial charge >= 0.3 is 0 Å². The van der Waals surface area contributed by atoms with E-state index in [0.717, 1.165) is 36.3 Å². The number of hydrogen-bond acceptors (Lipinski definition) is 7. The minimum absolute atomic E-state index is 0.379. The number of ether oxygens (including phenoxy) is 3. The summed E-state index contributed by atoms with van der Waals surface area (Å²) >= 11 is 13.3. The van der Waals surface area contributed by atoms with Crippen molar-refractivity contribution >= 4 is 45.6 Å². The van der Waals surface area contributed by atoms with Crippen molar-refractivity contribution in [2.45, 2.75) is 32.1 Å². The van der Waals surface area contributed by atoms with E-state index in [1.165, 1.54) is 32.1 Å². The van der Waals surface area contributed by atoms with Gasteiger partial charge in [0.2, 0.25) is 0 Å². The molecule has 1 aliphatic heterocycles. The number of pyridine rings is 2. The standard InChI is InChI=1S/C21H22Cl2N4O2.C5H10O/c1-27(10-11-4-5-11)21-13-7-17(24)25-9-12(13)6-14(26-21)18-19(22)15(28-2)8-16(29-3)20(18)23;1-2-4-6-5-3-1/h6-9,11H,4-5,10H2,1-3H3,(H2,24,25);1-5H2. The number of hydrogen-bond donors (Lipinski definition) is 1. The van der Waals surface area contributed by atoms with E-state index in [4.69, 9.17) is 48.1 Å². The van der Waals surface area contributed by atoms with Crippen LogP contribution in [0.4, 0.5) is 11.6 Å². The highest BCUT2D eigenvalue weighted by Crippen LogP contribution is 2.46. The quantitative estimate of drug-likeness (QED) is 0.413. The lowest BCUT2D eigenvalue weighted by Gasteiger charge is -2.22. The molecule has 7 nitrogen and oxygen atoms in total. The Hall–Kier alpha value is -2.48.